The molecule has 2 N–H and O–H groups in total. The molecule has 7 heteroatoms. The Hall–Kier alpha value is -2.34. The number of carbonyl (C=O) groups is 2. The van der Waals surface area contributed by atoms with Crippen LogP contribution in [0.25, 0.3) is 11.3 Å². The SMILES string of the molecule is O=C1CC[C@H](C(=O)NCc2cc(-c3ccc(Cl)cc3)on2)N1. The Morgan fingerprint density at radius 1 is 1.41 bits per heavy atom. The maximum absolute atomic E-state index is 11.9. The molecule has 0 bridgehead atoms. The Kier molecular flexibility index (Phi) is 4.11. The standard InChI is InChI=1S/C15H14ClN3O3/c16-10-3-1-9(2-4-10)13-7-11(19-22-13)8-17-15(21)12-5-6-14(20)18-12/h1-4,7,12H,5-6,8H2,(H,17,21)(H,18,20)/t12-/m1/s1. The highest BCUT2D eigenvalue weighted by atomic mass is 35.5. The summed E-state index contributed by atoms with van der Waals surface area (Å²) in [4.78, 5) is 23.0. The molecule has 0 unspecified atom stereocenters. The monoisotopic (exact) mass is 319 g/mol. The first-order chi connectivity index (χ1) is 10.6. The quantitative estimate of drug-likeness (QED) is 0.901. The van der Waals surface area contributed by atoms with E-state index in [1.54, 1.807) is 18.2 Å². The number of aromatic nitrogens is 1. The molecular weight excluding hydrogens is 306 g/mol. The van der Waals surface area contributed by atoms with E-state index in [0.717, 1.165) is 5.56 Å². The molecule has 2 aromatic rings. The van der Waals surface area contributed by atoms with E-state index in [0.29, 0.717) is 29.3 Å². The van der Waals surface area contributed by atoms with Crippen molar-refractivity contribution in [3.05, 3.63) is 41.0 Å². The van der Waals surface area contributed by atoms with Crippen molar-refractivity contribution in [1.29, 1.82) is 0 Å². The number of carbonyl (C=O) groups excluding carboxylic acids is 2. The van der Waals surface area contributed by atoms with Gasteiger partial charge in [-0.05, 0) is 30.7 Å². The van der Waals surface area contributed by atoms with E-state index in [-0.39, 0.29) is 18.4 Å². The summed E-state index contributed by atoms with van der Waals surface area (Å²) in [5.41, 5.74) is 1.47. The minimum atomic E-state index is -0.449. The molecule has 0 aliphatic carbocycles. The van der Waals surface area contributed by atoms with Gasteiger partial charge in [0.25, 0.3) is 0 Å². The maximum atomic E-state index is 11.9. The summed E-state index contributed by atoms with van der Waals surface area (Å²) in [5.74, 6) is 0.309. The molecule has 0 saturated carbocycles. The van der Waals surface area contributed by atoms with E-state index in [1.165, 1.54) is 0 Å². The van der Waals surface area contributed by atoms with Crippen LogP contribution in [-0.2, 0) is 16.1 Å². The van der Waals surface area contributed by atoms with Gasteiger partial charge in [-0.3, -0.25) is 9.59 Å². The first-order valence-corrected chi connectivity index (χ1v) is 7.28. The zero-order valence-corrected chi connectivity index (χ0v) is 12.4. The molecule has 1 aromatic heterocycles. The Labute approximate surface area is 131 Å². The van der Waals surface area contributed by atoms with Gasteiger partial charge < -0.3 is 15.2 Å². The van der Waals surface area contributed by atoms with Crippen molar-refractivity contribution < 1.29 is 14.1 Å². The maximum Gasteiger partial charge on any atom is 0.242 e. The van der Waals surface area contributed by atoms with Crippen molar-refractivity contribution in [1.82, 2.24) is 15.8 Å². The van der Waals surface area contributed by atoms with Crippen LogP contribution in [0.2, 0.25) is 5.02 Å². The van der Waals surface area contributed by atoms with E-state index in [1.807, 2.05) is 12.1 Å². The summed E-state index contributed by atoms with van der Waals surface area (Å²) >= 11 is 5.84. The van der Waals surface area contributed by atoms with Gasteiger partial charge in [0.1, 0.15) is 11.7 Å². The van der Waals surface area contributed by atoms with E-state index in [9.17, 15) is 9.59 Å². The number of amides is 2. The van der Waals surface area contributed by atoms with E-state index in [4.69, 9.17) is 16.1 Å². The summed E-state index contributed by atoms with van der Waals surface area (Å²) in [5, 5.41) is 9.92. The molecule has 1 saturated heterocycles. The van der Waals surface area contributed by atoms with Crippen LogP contribution < -0.4 is 10.6 Å². The van der Waals surface area contributed by atoms with Gasteiger partial charge in [-0.15, -0.1) is 0 Å². The Balaban J connectivity index is 1.59. The molecule has 2 amide bonds. The number of halogens is 1. The zero-order valence-electron chi connectivity index (χ0n) is 11.6. The Morgan fingerprint density at radius 3 is 2.86 bits per heavy atom. The average Bonchev–Trinajstić information content (AvgIpc) is 3.15. The van der Waals surface area contributed by atoms with Crippen molar-refractivity contribution in [2.45, 2.75) is 25.4 Å². The molecule has 1 fully saturated rings. The molecule has 22 heavy (non-hydrogen) atoms. The summed E-state index contributed by atoms with van der Waals surface area (Å²) in [6.07, 6.45) is 0.919. The third-order valence-electron chi connectivity index (χ3n) is 3.44. The number of hydrogen-bond donors (Lipinski definition) is 2. The van der Waals surface area contributed by atoms with E-state index in [2.05, 4.69) is 15.8 Å². The summed E-state index contributed by atoms with van der Waals surface area (Å²) < 4.78 is 5.25. The van der Waals surface area contributed by atoms with Gasteiger partial charge in [0.15, 0.2) is 5.76 Å². The number of nitrogens with one attached hydrogen (secondary N) is 2. The fourth-order valence-corrected chi connectivity index (χ4v) is 2.38. The zero-order chi connectivity index (χ0) is 15.5. The lowest BCUT2D eigenvalue weighted by atomic mass is 10.1. The van der Waals surface area contributed by atoms with Crippen molar-refractivity contribution in [2.24, 2.45) is 0 Å². The van der Waals surface area contributed by atoms with Crippen molar-refractivity contribution in [3.63, 3.8) is 0 Å². The van der Waals surface area contributed by atoms with Crippen LogP contribution in [0.3, 0.4) is 0 Å². The number of rotatable bonds is 4. The number of hydrogen-bond acceptors (Lipinski definition) is 4. The van der Waals surface area contributed by atoms with Crippen LogP contribution >= 0.6 is 11.6 Å². The number of nitrogens with zero attached hydrogens (tertiary/aromatic N) is 1. The fraction of sp³-hybridized carbons (Fsp3) is 0.267. The normalized spacial score (nSPS) is 17.3. The highest BCUT2D eigenvalue weighted by Crippen LogP contribution is 2.22. The lowest BCUT2D eigenvalue weighted by Crippen LogP contribution is -2.41. The lowest BCUT2D eigenvalue weighted by molar-refractivity contribution is -0.125. The molecule has 1 aliphatic heterocycles. The molecule has 1 atom stereocenters. The van der Waals surface area contributed by atoms with Crippen molar-refractivity contribution in [3.8, 4) is 11.3 Å². The van der Waals surface area contributed by atoms with Crippen molar-refractivity contribution >= 4 is 23.4 Å². The molecule has 0 radical (unpaired) electrons. The van der Waals surface area contributed by atoms with Gasteiger partial charge in [-0.1, -0.05) is 16.8 Å². The minimum absolute atomic E-state index is 0.0911. The van der Waals surface area contributed by atoms with Gasteiger partial charge in [0.05, 0.1) is 6.54 Å². The molecule has 114 valence electrons. The highest BCUT2D eigenvalue weighted by molar-refractivity contribution is 6.30. The van der Waals surface area contributed by atoms with E-state index < -0.39 is 6.04 Å². The molecule has 6 nitrogen and oxygen atoms in total. The van der Waals surface area contributed by atoms with Gasteiger partial charge in [0, 0.05) is 23.1 Å². The third-order valence-corrected chi connectivity index (χ3v) is 3.70. The Bertz CT molecular complexity index is 696. The lowest BCUT2D eigenvalue weighted by Gasteiger charge is -2.09. The highest BCUT2D eigenvalue weighted by Gasteiger charge is 2.26. The summed E-state index contributed by atoms with van der Waals surface area (Å²) in [6, 6.07) is 8.51. The van der Waals surface area contributed by atoms with Gasteiger partial charge >= 0.3 is 0 Å². The fourth-order valence-electron chi connectivity index (χ4n) is 2.26. The van der Waals surface area contributed by atoms with Gasteiger partial charge in [-0.2, -0.15) is 0 Å². The first kappa shape index (κ1) is 14.6. The smallest absolute Gasteiger partial charge is 0.242 e. The molecular formula is C15H14ClN3O3. The topological polar surface area (TPSA) is 84.2 Å². The second kappa shape index (κ2) is 6.19. The average molecular weight is 320 g/mol. The minimum Gasteiger partial charge on any atom is -0.356 e. The third kappa shape index (κ3) is 3.28. The summed E-state index contributed by atoms with van der Waals surface area (Å²) in [7, 11) is 0. The largest absolute Gasteiger partial charge is 0.356 e. The second-order valence-corrected chi connectivity index (χ2v) is 5.50. The van der Waals surface area contributed by atoms with Crippen LogP contribution in [0, 0.1) is 0 Å². The predicted molar refractivity (Wildman–Crippen MR) is 80.0 cm³/mol. The molecule has 0 spiro atoms. The van der Waals surface area contributed by atoms with Gasteiger partial charge in [-0.25, -0.2) is 0 Å². The van der Waals surface area contributed by atoms with Gasteiger partial charge in [0.2, 0.25) is 11.8 Å². The second-order valence-electron chi connectivity index (χ2n) is 5.07. The van der Waals surface area contributed by atoms with Crippen LogP contribution in [0.5, 0.6) is 0 Å². The van der Waals surface area contributed by atoms with Crippen LogP contribution in [0.4, 0.5) is 0 Å². The molecule has 1 aromatic carbocycles. The van der Waals surface area contributed by atoms with Crippen molar-refractivity contribution in [2.75, 3.05) is 0 Å². The van der Waals surface area contributed by atoms with Crippen LogP contribution in [0.1, 0.15) is 18.5 Å². The molecule has 3 rings (SSSR count). The summed E-state index contributed by atoms with van der Waals surface area (Å²) in [6.45, 7) is 0.252. The van der Waals surface area contributed by atoms with Crippen LogP contribution in [-0.4, -0.2) is 23.0 Å². The van der Waals surface area contributed by atoms with Crippen LogP contribution in [0.15, 0.2) is 34.9 Å². The first-order valence-electron chi connectivity index (χ1n) is 6.90. The molecule has 1 aliphatic rings. The van der Waals surface area contributed by atoms with E-state index >= 15 is 0 Å². The Morgan fingerprint density at radius 2 is 2.18 bits per heavy atom. The predicted octanol–water partition coefficient (Wildman–Crippen LogP) is 1.89. The number of benzene rings is 1. The molecule has 2 heterocycles.